The van der Waals surface area contributed by atoms with Gasteiger partial charge in [-0.05, 0) is 36.8 Å². The van der Waals surface area contributed by atoms with Gasteiger partial charge < -0.3 is 10.1 Å². The molecule has 1 amide bonds. The largest absolute Gasteiger partial charge is 0.457 e. The number of carbonyl (C=O) groups excluding carboxylic acids is 2. The van der Waals surface area contributed by atoms with E-state index in [9.17, 15) is 9.59 Å². The van der Waals surface area contributed by atoms with Gasteiger partial charge in [-0.25, -0.2) is 14.3 Å². The average molecular weight is 387 g/mol. The smallest absolute Gasteiger partial charge is 0.338 e. The van der Waals surface area contributed by atoms with Crippen molar-refractivity contribution in [3.63, 3.8) is 0 Å². The molecule has 0 atom stereocenters. The second-order valence-corrected chi connectivity index (χ2v) is 6.33. The highest BCUT2D eigenvalue weighted by atomic mass is 16.5. The third-order valence-electron chi connectivity index (χ3n) is 4.20. The second-order valence-electron chi connectivity index (χ2n) is 6.33. The summed E-state index contributed by atoms with van der Waals surface area (Å²) in [5.74, 6) is -0.641. The van der Waals surface area contributed by atoms with Crippen LogP contribution in [0.2, 0.25) is 0 Å². The van der Waals surface area contributed by atoms with E-state index < -0.39 is 11.9 Å². The van der Waals surface area contributed by atoms with Crippen LogP contribution in [0.15, 0.2) is 66.9 Å². The van der Waals surface area contributed by atoms with Crippen molar-refractivity contribution in [2.24, 2.45) is 0 Å². The van der Waals surface area contributed by atoms with Gasteiger partial charge in [0.1, 0.15) is 6.61 Å². The highest BCUT2D eigenvalue weighted by molar-refractivity contribution is 6.02. The van der Waals surface area contributed by atoms with Crippen LogP contribution in [0, 0.1) is 6.92 Å². The summed E-state index contributed by atoms with van der Waals surface area (Å²) < 4.78 is 6.82. The van der Waals surface area contributed by atoms with Crippen molar-refractivity contribution in [1.82, 2.24) is 19.6 Å². The zero-order valence-corrected chi connectivity index (χ0v) is 15.6. The minimum absolute atomic E-state index is 0.0103. The fraction of sp³-hybridized carbons (Fsp3) is 0.0952. The molecule has 2 aromatic carbocycles. The number of anilines is 1. The van der Waals surface area contributed by atoms with Gasteiger partial charge in [0.2, 0.25) is 5.82 Å². The molecule has 0 aliphatic carbocycles. The van der Waals surface area contributed by atoms with Crippen LogP contribution in [0.1, 0.15) is 32.2 Å². The molecular weight excluding hydrogens is 370 g/mol. The van der Waals surface area contributed by atoms with E-state index in [0.717, 1.165) is 11.3 Å². The molecular formula is C21H17N5O3. The number of aryl methyl sites for hydroxylation is 1. The van der Waals surface area contributed by atoms with Crippen LogP contribution in [0.5, 0.6) is 0 Å². The van der Waals surface area contributed by atoms with Gasteiger partial charge in [-0.3, -0.25) is 4.79 Å². The Morgan fingerprint density at radius 1 is 1.07 bits per heavy atom. The minimum Gasteiger partial charge on any atom is -0.457 e. The minimum atomic E-state index is -0.496. The van der Waals surface area contributed by atoms with Crippen LogP contribution in [0.4, 0.5) is 5.69 Å². The van der Waals surface area contributed by atoms with Crippen molar-refractivity contribution in [2.45, 2.75) is 13.5 Å². The third-order valence-corrected chi connectivity index (χ3v) is 4.20. The normalized spacial score (nSPS) is 10.7. The maximum atomic E-state index is 12.5. The van der Waals surface area contributed by atoms with E-state index in [1.165, 1.54) is 4.52 Å². The van der Waals surface area contributed by atoms with E-state index in [4.69, 9.17) is 4.74 Å². The maximum absolute atomic E-state index is 12.5. The lowest BCUT2D eigenvalue weighted by molar-refractivity contribution is 0.0472. The number of nitrogens with one attached hydrogen (secondary N) is 1. The first-order valence-corrected chi connectivity index (χ1v) is 8.91. The van der Waals surface area contributed by atoms with Gasteiger partial charge in [-0.2, -0.15) is 4.98 Å². The molecule has 29 heavy (non-hydrogen) atoms. The number of benzene rings is 2. The summed E-state index contributed by atoms with van der Waals surface area (Å²) in [6, 6.07) is 17.7. The number of hydrogen-bond donors (Lipinski definition) is 1. The fourth-order valence-electron chi connectivity index (χ4n) is 2.72. The van der Waals surface area contributed by atoms with Crippen LogP contribution in [0.3, 0.4) is 0 Å². The number of hydrogen-bond acceptors (Lipinski definition) is 6. The number of fused-ring (bicyclic) bond motifs is 1. The molecule has 4 aromatic rings. The van der Waals surface area contributed by atoms with Gasteiger partial charge >= 0.3 is 5.97 Å². The molecule has 8 heteroatoms. The van der Waals surface area contributed by atoms with Crippen molar-refractivity contribution < 1.29 is 14.3 Å². The zero-order chi connectivity index (χ0) is 20.2. The van der Waals surface area contributed by atoms with Gasteiger partial charge in [0.05, 0.1) is 5.56 Å². The molecule has 144 valence electrons. The Balaban J connectivity index is 1.45. The first-order chi connectivity index (χ1) is 14.1. The summed E-state index contributed by atoms with van der Waals surface area (Å²) in [4.78, 5) is 33.0. The van der Waals surface area contributed by atoms with Crippen molar-refractivity contribution in [1.29, 1.82) is 0 Å². The SMILES string of the molecule is Cc1ccnc2nc(C(=O)Nc3cccc(C(=O)OCc4ccccc4)c3)nn12. The summed E-state index contributed by atoms with van der Waals surface area (Å²) in [5, 5.41) is 6.86. The number of carbonyl (C=O) groups is 2. The van der Waals surface area contributed by atoms with Crippen LogP contribution >= 0.6 is 0 Å². The van der Waals surface area contributed by atoms with Gasteiger partial charge in [0, 0.05) is 17.6 Å². The van der Waals surface area contributed by atoms with Gasteiger partial charge in [-0.15, -0.1) is 5.10 Å². The number of rotatable bonds is 5. The number of ether oxygens (including phenoxy) is 1. The molecule has 0 radical (unpaired) electrons. The molecule has 0 unspecified atom stereocenters. The third kappa shape index (κ3) is 4.11. The molecule has 0 saturated heterocycles. The fourth-order valence-corrected chi connectivity index (χ4v) is 2.72. The van der Waals surface area contributed by atoms with Gasteiger partial charge in [-0.1, -0.05) is 36.4 Å². The predicted molar refractivity (Wildman–Crippen MR) is 105 cm³/mol. The first-order valence-electron chi connectivity index (χ1n) is 8.91. The van der Waals surface area contributed by atoms with E-state index in [0.29, 0.717) is 17.0 Å². The quantitative estimate of drug-likeness (QED) is 0.529. The number of amides is 1. The molecule has 0 aliphatic heterocycles. The molecule has 1 N–H and O–H groups in total. The summed E-state index contributed by atoms with van der Waals surface area (Å²) >= 11 is 0. The molecule has 0 saturated carbocycles. The number of aromatic nitrogens is 4. The number of nitrogens with zero attached hydrogens (tertiary/aromatic N) is 4. The van der Waals surface area contributed by atoms with Crippen LogP contribution < -0.4 is 5.32 Å². The Bertz CT molecular complexity index is 1190. The van der Waals surface area contributed by atoms with Crippen molar-refractivity contribution >= 4 is 23.3 Å². The highest BCUT2D eigenvalue weighted by Gasteiger charge is 2.15. The zero-order valence-electron chi connectivity index (χ0n) is 15.6. The lowest BCUT2D eigenvalue weighted by Crippen LogP contribution is -2.14. The topological polar surface area (TPSA) is 98.5 Å². The molecule has 0 spiro atoms. The molecule has 2 heterocycles. The van der Waals surface area contributed by atoms with E-state index in [-0.39, 0.29) is 12.4 Å². The molecule has 0 bridgehead atoms. The monoisotopic (exact) mass is 387 g/mol. The van der Waals surface area contributed by atoms with E-state index in [2.05, 4.69) is 20.4 Å². The standard InChI is InChI=1S/C21H17N5O3/c1-14-10-11-22-21-24-18(25-26(14)21)19(27)23-17-9-5-8-16(12-17)20(28)29-13-15-6-3-2-4-7-15/h2-12H,13H2,1H3,(H,23,27). The van der Waals surface area contributed by atoms with Crippen molar-refractivity contribution in [3.8, 4) is 0 Å². The maximum Gasteiger partial charge on any atom is 0.338 e. The Labute approximate surface area is 166 Å². The van der Waals surface area contributed by atoms with E-state index >= 15 is 0 Å². The van der Waals surface area contributed by atoms with Gasteiger partial charge in [0.25, 0.3) is 11.7 Å². The highest BCUT2D eigenvalue weighted by Crippen LogP contribution is 2.14. The van der Waals surface area contributed by atoms with Crippen molar-refractivity contribution in [2.75, 3.05) is 5.32 Å². The Morgan fingerprint density at radius 3 is 2.69 bits per heavy atom. The Morgan fingerprint density at radius 2 is 1.90 bits per heavy atom. The Hall–Kier alpha value is -4.07. The second kappa shape index (κ2) is 7.89. The summed E-state index contributed by atoms with van der Waals surface area (Å²) in [5.41, 5.74) is 2.48. The summed E-state index contributed by atoms with van der Waals surface area (Å²) in [7, 11) is 0. The van der Waals surface area contributed by atoms with Crippen LogP contribution in [-0.4, -0.2) is 31.5 Å². The molecule has 4 rings (SSSR count). The van der Waals surface area contributed by atoms with Crippen LogP contribution in [0.25, 0.3) is 5.78 Å². The molecule has 8 nitrogen and oxygen atoms in total. The lowest BCUT2D eigenvalue weighted by Gasteiger charge is -2.07. The summed E-state index contributed by atoms with van der Waals surface area (Å²) in [6.45, 7) is 2.02. The predicted octanol–water partition coefficient (Wildman–Crippen LogP) is 3.04. The van der Waals surface area contributed by atoms with Gasteiger partial charge in [0.15, 0.2) is 0 Å². The number of esters is 1. The van der Waals surface area contributed by atoms with Crippen LogP contribution in [-0.2, 0) is 11.3 Å². The molecule has 0 fully saturated rings. The first kappa shape index (κ1) is 18.3. The summed E-state index contributed by atoms with van der Waals surface area (Å²) in [6.07, 6.45) is 1.60. The average Bonchev–Trinajstić information content (AvgIpc) is 3.19. The Kier molecular flexibility index (Phi) is 4.98. The molecule has 2 aromatic heterocycles. The lowest BCUT2D eigenvalue weighted by atomic mass is 10.2. The van der Waals surface area contributed by atoms with E-state index in [1.54, 1.807) is 36.5 Å². The van der Waals surface area contributed by atoms with E-state index in [1.807, 2.05) is 37.3 Å². The molecule has 0 aliphatic rings. The van der Waals surface area contributed by atoms with Crippen molar-refractivity contribution in [3.05, 3.63) is 89.5 Å².